The number of carbonyl (C=O) groups excluding carboxylic acids is 2. The number of amides is 2. The molecule has 1 aromatic rings. The zero-order valence-electron chi connectivity index (χ0n) is 12.9. The Balaban J connectivity index is 2.19. The summed E-state index contributed by atoms with van der Waals surface area (Å²) in [5.74, 6) is -0.0356. The van der Waals surface area contributed by atoms with E-state index in [1.54, 1.807) is 11.8 Å². The van der Waals surface area contributed by atoms with E-state index in [1.807, 2.05) is 24.3 Å². The zero-order valence-corrected chi connectivity index (χ0v) is 12.9. The third-order valence-corrected chi connectivity index (χ3v) is 3.95. The van der Waals surface area contributed by atoms with Crippen LogP contribution in [-0.2, 0) is 16.0 Å². The van der Waals surface area contributed by atoms with Gasteiger partial charge in [-0.1, -0.05) is 31.5 Å². The number of unbranched alkanes of at least 4 members (excludes halogenated alkanes) is 1. The second-order valence-electron chi connectivity index (χ2n) is 5.57. The standard InChI is InChI=1S/C17H24N2O2/c1-3-4-12-18-17(21)13(2)19-15-10-6-5-8-14(15)9-7-11-16(19)20/h5-6,8,10,13H,3-4,7,9,11-12H2,1-2H3,(H,18,21)/t13-/m0/s1. The number of nitrogens with one attached hydrogen (secondary N) is 1. The number of hydrogen-bond donors (Lipinski definition) is 1. The summed E-state index contributed by atoms with van der Waals surface area (Å²) in [6.45, 7) is 4.56. The van der Waals surface area contributed by atoms with E-state index in [0.717, 1.165) is 36.9 Å². The lowest BCUT2D eigenvalue weighted by molar-refractivity contribution is -0.126. The van der Waals surface area contributed by atoms with E-state index in [4.69, 9.17) is 0 Å². The minimum Gasteiger partial charge on any atom is -0.354 e. The molecular weight excluding hydrogens is 264 g/mol. The third-order valence-electron chi connectivity index (χ3n) is 3.95. The Morgan fingerprint density at radius 3 is 2.86 bits per heavy atom. The number of benzene rings is 1. The molecule has 0 radical (unpaired) electrons. The summed E-state index contributed by atoms with van der Waals surface area (Å²) in [6, 6.07) is 7.43. The summed E-state index contributed by atoms with van der Waals surface area (Å²) in [4.78, 5) is 26.3. The van der Waals surface area contributed by atoms with E-state index in [0.29, 0.717) is 13.0 Å². The van der Waals surface area contributed by atoms with Crippen LogP contribution in [0, 0.1) is 0 Å². The largest absolute Gasteiger partial charge is 0.354 e. The van der Waals surface area contributed by atoms with Gasteiger partial charge in [0, 0.05) is 18.7 Å². The average molecular weight is 288 g/mol. The SMILES string of the molecule is CCCCNC(=O)[C@H](C)N1C(=O)CCCc2ccccc21. The lowest BCUT2D eigenvalue weighted by atomic mass is 10.1. The van der Waals surface area contributed by atoms with E-state index in [-0.39, 0.29) is 11.8 Å². The predicted octanol–water partition coefficient (Wildman–Crippen LogP) is 2.66. The van der Waals surface area contributed by atoms with Crippen molar-refractivity contribution in [2.45, 2.75) is 52.0 Å². The fourth-order valence-corrected chi connectivity index (χ4v) is 2.72. The molecule has 0 saturated heterocycles. The topological polar surface area (TPSA) is 49.4 Å². The van der Waals surface area contributed by atoms with Crippen LogP contribution >= 0.6 is 0 Å². The van der Waals surface area contributed by atoms with Crippen LogP contribution in [0.15, 0.2) is 24.3 Å². The Morgan fingerprint density at radius 1 is 1.33 bits per heavy atom. The van der Waals surface area contributed by atoms with Crippen LogP contribution < -0.4 is 10.2 Å². The minimum atomic E-state index is -0.464. The third kappa shape index (κ3) is 3.63. The fraction of sp³-hybridized carbons (Fsp3) is 0.529. The van der Waals surface area contributed by atoms with E-state index < -0.39 is 6.04 Å². The van der Waals surface area contributed by atoms with Gasteiger partial charge < -0.3 is 5.32 Å². The van der Waals surface area contributed by atoms with Crippen LogP contribution in [-0.4, -0.2) is 24.4 Å². The Bertz CT molecular complexity index is 513. The lowest BCUT2D eigenvalue weighted by Gasteiger charge is -2.28. The second kappa shape index (κ2) is 7.25. The van der Waals surface area contributed by atoms with Crippen molar-refractivity contribution in [2.75, 3.05) is 11.4 Å². The van der Waals surface area contributed by atoms with Crippen LogP contribution in [0.2, 0.25) is 0 Å². The van der Waals surface area contributed by atoms with Crippen molar-refractivity contribution in [1.29, 1.82) is 0 Å². The molecule has 1 aliphatic rings. The molecule has 1 N–H and O–H groups in total. The van der Waals surface area contributed by atoms with E-state index in [1.165, 1.54) is 0 Å². The summed E-state index contributed by atoms with van der Waals surface area (Å²) >= 11 is 0. The van der Waals surface area contributed by atoms with Crippen molar-refractivity contribution in [2.24, 2.45) is 0 Å². The van der Waals surface area contributed by atoms with E-state index >= 15 is 0 Å². The smallest absolute Gasteiger partial charge is 0.242 e. The first-order valence-electron chi connectivity index (χ1n) is 7.82. The predicted molar refractivity (Wildman–Crippen MR) is 84.2 cm³/mol. The number of fused-ring (bicyclic) bond motifs is 1. The Hall–Kier alpha value is -1.84. The number of carbonyl (C=O) groups is 2. The first kappa shape index (κ1) is 15.5. The molecule has 1 atom stereocenters. The molecule has 114 valence electrons. The quantitative estimate of drug-likeness (QED) is 0.847. The lowest BCUT2D eigenvalue weighted by Crippen LogP contribution is -2.48. The van der Waals surface area contributed by atoms with Gasteiger partial charge in [-0.05, 0) is 37.8 Å². The molecule has 21 heavy (non-hydrogen) atoms. The maximum atomic E-state index is 12.4. The van der Waals surface area contributed by atoms with Gasteiger partial charge in [0.15, 0.2) is 0 Å². The average Bonchev–Trinajstić information content (AvgIpc) is 2.65. The molecule has 4 nitrogen and oxygen atoms in total. The first-order valence-corrected chi connectivity index (χ1v) is 7.82. The number of aryl methyl sites for hydroxylation is 1. The normalized spacial score (nSPS) is 16.1. The van der Waals surface area contributed by atoms with Gasteiger partial charge in [0.2, 0.25) is 11.8 Å². The number of nitrogens with zero attached hydrogens (tertiary/aromatic N) is 1. The molecule has 0 aromatic heterocycles. The maximum Gasteiger partial charge on any atom is 0.242 e. The van der Waals surface area contributed by atoms with Crippen LogP contribution in [0.1, 0.15) is 45.1 Å². The molecule has 0 aliphatic carbocycles. The summed E-state index contributed by atoms with van der Waals surface area (Å²) in [5, 5.41) is 2.92. The molecule has 0 bridgehead atoms. The molecule has 1 aliphatic heterocycles. The molecule has 0 fully saturated rings. The highest BCUT2D eigenvalue weighted by Crippen LogP contribution is 2.28. The number of anilines is 1. The number of rotatable bonds is 5. The maximum absolute atomic E-state index is 12.4. The molecule has 1 aromatic carbocycles. The molecule has 4 heteroatoms. The number of hydrogen-bond acceptors (Lipinski definition) is 2. The van der Waals surface area contributed by atoms with Crippen molar-refractivity contribution in [3.8, 4) is 0 Å². The van der Waals surface area contributed by atoms with Gasteiger partial charge in [0.05, 0.1) is 0 Å². The zero-order chi connectivity index (χ0) is 15.2. The van der Waals surface area contributed by atoms with Crippen LogP contribution in [0.5, 0.6) is 0 Å². The minimum absolute atomic E-state index is 0.0399. The Morgan fingerprint density at radius 2 is 2.10 bits per heavy atom. The van der Waals surface area contributed by atoms with Gasteiger partial charge >= 0.3 is 0 Å². The van der Waals surface area contributed by atoms with Crippen molar-refractivity contribution >= 4 is 17.5 Å². The van der Waals surface area contributed by atoms with E-state index in [9.17, 15) is 9.59 Å². The van der Waals surface area contributed by atoms with Crippen LogP contribution in [0.25, 0.3) is 0 Å². The van der Waals surface area contributed by atoms with Gasteiger partial charge in [0.1, 0.15) is 6.04 Å². The molecule has 2 rings (SSSR count). The summed E-state index contributed by atoms with van der Waals surface area (Å²) in [7, 11) is 0. The van der Waals surface area contributed by atoms with Crippen LogP contribution in [0.4, 0.5) is 5.69 Å². The molecular formula is C17H24N2O2. The Kier molecular flexibility index (Phi) is 5.37. The summed E-state index contributed by atoms with van der Waals surface area (Å²) in [6.07, 6.45) is 4.24. The number of para-hydroxylation sites is 1. The van der Waals surface area contributed by atoms with Crippen molar-refractivity contribution in [1.82, 2.24) is 5.32 Å². The highest BCUT2D eigenvalue weighted by atomic mass is 16.2. The Labute approximate surface area is 126 Å². The van der Waals surface area contributed by atoms with Crippen molar-refractivity contribution < 1.29 is 9.59 Å². The van der Waals surface area contributed by atoms with Crippen LogP contribution in [0.3, 0.4) is 0 Å². The molecule has 0 saturated carbocycles. The molecule has 1 heterocycles. The van der Waals surface area contributed by atoms with Gasteiger partial charge in [0.25, 0.3) is 0 Å². The van der Waals surface area contributed by atoms with Crippen molar-refractivity contribution in [3.63, 3.8) is 0 Å². The summed E-state index contributed by atoms with van der Waals surface area (Å²) in [5.41, 5.74) is 2.04. The van der Waals surface area contributed by atoms with Gasteiger partial charge in [-0.2, -0.15) is 0 Å². The first-order chi connectivity index (χ1) is 10.1. The highest BCUT2D eigenvalue weighted by Gasteiger charge is 2.30. The molecule has 2 amide bonds. The monoisotopic (exact) mass is 288 g/mol. The molecule has 0 unspecified atom stereocenters. The fourth-order valence-electron chi connectivity index (χ4n) is 2.72. The second-order valence-corrected chi connectivity index (χ2v) is 5.57. The van der Waals surface area contributed by atoms with Gasteiger partial charge in [-0.25, -0.2) is 0 Å². The van der Waals surface area contributed by atoms with Crippen molar-refractivity contribution in [3.05, 3.63) is 29.8 Å². The van der Waals surface area contributed by atoms with E-state index in [2.05, 4.69) is 12.2 Å². The van der Waals surface area contributed by atoms with Gasteiger partial charge in [-0.15, -0.1) is 0 Å². The molecule has 0 spiro atoms. The summed E-state index contributed by atoms with van der Waals surface area (Å²) < 4.78 is 0. The highest BCUT2D eigenvalue weighted by molar-refractivity contribution is 6.01. The van der Waals surface area contributed by atoms with Gasteiger partial charge in [-0.3, -0.25) is 14.5 Å².